The van der Waals surface area contributed by atoms with E-state index >= 15 is 0 Å². The molecule has 0 spiro atoms. The number of hydrogen-bond donors (Lipinski definition) is 1. The first-order valence-electron chi connectivity index (χ1n) is 5.91. The zero-order valence-corrected chi connectivity index (χ0v) is 12.3. The molecular weight excluding hydrogens is 281 g/mol. The smallest absolute Gasteiger partial charge is 0.145 e. The molecule has 0 amide bonds. The quantitative estimate of drug-likeness (QED) is 0.828. The Bertz CT molecular complexity index is 588. The van der Waals surface area contributed by atoms with Crippen LogP contribution in [-0.4, -0.2) is 0 Å². The average molecular weight is 296 g/mol. The van der Waals surface area contributed by atoms with Gasteiger partial charge in [0, 0.05) is 15.6 Å². The first kappa shape index (κ1) is 14.0. The molecule has 100 valence electrons. The molecule has 0 aliphatic rings. The predicted molar refractivity (Wildman–Crippen MR) is 81.1 cm³/mol. The minimum Gasteiger partial charge on any atom is -0.486 e. The molecule has 0 radical (unpaired) electrons. The van der Waals surface area contributed by atoms with Crippen molar-refractivity contribution < 1.29 is 4.74 Å². The summed E-state index contributed by atoms with van der Waals surface area (Å²) in [4.78, 5) is 0. The minimum absolute atomic E-state index is 0.341. The van der Waals surface area contributed by atoms with Gasteiger partial charge in [0.2, 0.25) is 0 Å². The van der Waals surface area contributed by atoms with Crippen molar-refractivity contribution in [1.29, 1.82) is 0 Å². The Balaban J connectivity index is 2.21. The van der Waals surface area contributed by atoms with E-state index in [0.717, 1.165) is 16.7 Å². The van der Waals surface area contributed by atoms with Gasteiger partial charge in [-0.05, 0) is 49.2 Å². The third kappa shape index (κ3) is 3.34. The molecule has 0 aromatic heterocycles. The van der Waals surface area contributed by atoms with Crippen LogP contribution in [0.2, 0.25) is 10.0 Å². The Morgan fingerprint density at radius 1 is 1.11 bits per heavy atom. The van der Waals surface area contributed by atoms with Gasteiger partial charge in [0.15, 0.2) is 0 Å². The van der Waals surface area contributed by atoms with Crippen LogP contribution in [0, 0.1) is 13.8 Å². The van der Waals surface area contributed by atoms with Gasteiger partial charge in [-0.15, -0.1) is 0 Å². The summed E-state index contributed by atoms with van der Waals surface area (Å²) in [7, 11) is 0. The van der Waals surface area contributed by atoms with Crippen LogP contribution in [0.3, 0.4) is 0 Å². The summed E-state index contributed by atoms with van der Waals surface area (Å²) < 4.78 is 5.78. The highest BCUT2D eigenvalue weighted by atomic mass is 35.5. The molecule has 0 saturated heterocycles. The number of ether oxygens (including phenoxy) is 1. The summed E-state index contributed by atoms with van der Waals surface area (Å²) in [6, 6.07) is 9.23. The maximum absolute atomic E-state index is 6.10. The summed E-state index contributed by atoms with van der Waals surface area (Å²) in [6.07, 6.45) is 0. The predicted octanol–water partition coefficient (Wildman–Crippen LogP) is 4.77. The lowest BCUT2D eigenvalue weighted by Gasteiger charge is -2.13. The second-order valence-electron chi connectivity index (χ2n) is 4.52. The van der Waals surface area contributed by atoms with Gasteiger partial charge in [-0.1, -0.05) is 29.3 Å². The van der Waals surface area contributed by atoms with Crippen molar-refractivity contribution in [1.82, 2.24) is 0 Å². The lowest BCUT2D eigenvalue weighted by atomic mass is 10.1. The third-order valence-electron chi connectivity index (χ3n) is 2.83. The van der Waals surface area contributed by atoms with Gasteiger partial charge < -0.3 is 10.5 Å². The van der Waals surface area contributed by atoms with E-state index in [9.17, 15) is 0 Å². The van der Waals surface area contributed by atoms with Gasteiger partial charge in [-0.2, -0.15) is 0 Å². The van der Waals surface area contributed by atoms with Gasteiger partial charge in [0.25, 0.3) is 0 Å². The van der Waals surface area contributed by atoms with E-state index < -0.39 is 0 Å². The van der Waals surface area contributed by atoms with Crippen molar-refractivity contribution in [2.24, 2.45) is 0 Å². The number of halogens is 2. The average Bonchev–Trinajstić information content (AvgIpc) is 2.32. The fourth-order valence-electron chi connectivity index (χ4n) is 1.99. The molecule has 0 aliphatic carbocycles. The van der Waals surface area contributed by atoms with Crippen molar-refractivity contribution in [3.8, 4) is 5.75 Å². The van der Waals surface area contributed by atoms with Gasteiger partial charge in [0.05, 0.1) is 5.69 Å². The number of anilines is 1. The normalized spacial score (nSPS) is 10.5. The van der Waals surface area contributed by atoms with Crippen LogP contribution in [0.25, 0.3) is 0 Å². The highest BCUT2D eigenvalue weighted by Gasteiger charge is 2.08. The lowest BCUT2D eigenvalue weighted by molar-refractivity contribution is 0.306. The fraction of sp³-hybridized carbons (Fsp3) is 0.200. The van der Waals surface area contributed by atoms with E-state index in [1.807, 2.05) is 26.0 Å². The summed E-state index contributed by atoms with van der Waals surface area (Å²) in [5.41, 5.74) is 9.57. The van der Waals surface area contributed by atoms with Crippen molar-refractivity contribution in [3.63, 3.8) is 0 Å². The second-order valence-corrected chi connectivity index (χ2v) is 5.37. The summed E-state index contributed by atoms with van der Waals surface area (Å²) in [5, 5.41) is 1.27. The molecule has 2 N–H and O–H groups in total. The lowest BCUT2D eigenvalue weighted by Crippen LogP contribution is -2.01. The Morgan fingerprint density at radius 2 is 1.84 bits per heavy atom. The zero-order valence-electron chi connectivity index (χ0n) is 10.8. The molecule has 2 rings (SSSR count). The molecule has 4 heteroatoms. The fourth-order valence-corrected chi connectivity index (χ4v) is 2.36. The van der Waals surface area contributed by atoms with E-state index in [-0.39, 0.29) is 0 Å². The number of aryl methyl sites for hydroxylation is 2. The zero-order chi connectivity index (χ0) is 14.0. The molecule has 0 saturated carbocycles. The van der Waals surface area contributed by atoms with E-state index in [0.29, 0.717) is 28.1 Å². The Morgan fingerprint density at radius 3 is 2.53 bits per heavy atom. The number of hydrogen-bond acceptors (Lipinski definition) is 2. The minimum atomic E-state index is 0.341. The molecule has 19 heavy (non-hydrogen) atoms. The summed E-state index contributed by atoms with van der Waals surface area (Å²) >= 11 is 12.0. The highest BCUT2D eigenvalue weighted by Crippen LogP contribution is 2.29. The SMILES string of the molecule is Cc1cc(C)c(OCc2cc(Cl)ccc2Cl)c(N)c1. The van der Waals surface area contributed by atoms with Crippen LogP contribution in [0.5, 0.6) is 5.75 Å². The van der Waals surface area contributed by atoms with E-state index in [2.05, 4.69) is 0 Å². The number of benzene rings is 2. The van der Waals surface area contributed by atoms with E-state index in [1.165, 1.54) is 0 Å². The molecule has 0 atom stereocenters. The van der Waals surface area contributed by atoms with E-state index in [4.69, 9.17) is 33.7 Å². The van der Waals surface area contributed by atoms with Crippen molar-refractivity contribution in [2.75, 3.05) is 5.73 Å². The largest absolute Gasteiger partial charge is 0.486 e. The van der Waals surface area contributed by atoms with Gasteiger partial charge >= 0.3 is 0 Å². The molecule has 2 aromatic carbocycles. The van der Waals surface area contributed by atoms with Crippen molar-refractivity contribution in [2.45, 2.75) is 20.5 Å². The number of rotatable bonds is 3. The first-order valence-corrected chi connectivity index (χ1v) is 6.66. The van der Waals surface area contributed by atoms with Gasteiger partial charge in [-0.25, -0.2) is 0 Å². The maximum Gasteiger partial charge on any atom is 0.145 e. The molecule has 0 heterocycles. The molecule has 2 aromatic rings. The van der Waals surface area contributed by atoms with E-state index in [1.54, 1.807) is 18.2 Å². The summed E-state index contributed by atoms with van der Waals surface area (Å²) in [6.45, 7) is 4.31. The van der Waals surface area contributed by atoms with Crippen molar-refractivity contribution >= 4 is 28.9 Å². The monoisotopic (exact) mass is 295 g/mol. The van der Waals surface area contributed by atoms with Crippen LogP contribution in [0.15, 0.2) is 30.3 Å². The van der Waals surface area contributed by atoms with Gasteiger partial charge in [0.1, 0.15) is 12.4 Å². The Labute approximate surface area is 123 Å². The number of nitrogen functional groups attached to an aromatic ring is 1. The Kier molecular flexibility index (Phi) is 4.23. The molecule has 0 bridgehead atoms. The van der Waals surface area contributed by atoms with Crippen LogP contribution >= 0.6 is 23.2 Å². The first-order chi connectivity index (χ1) is 8.97. The molecule has 2 nitrogen and oxygen atoms in total. The van der Waals surface area contributed by atoms with Gasteiger partial charge in [-0.3, -0.25) is 0 Å². The number of nitrogens with two attached hydrogens (primary N) is 1. The molecule has 0 aliphatic heterocycles. The maximum atomic E-state index is 6.10. The summed E-state index contributed by atoms with van der Waals surface area (Å²) in [5.74, 6) is 0.696. The van der Waals surface area contributed by atoms with Crippen molar-refractivity contribution in [3.05, 3.63) is 57.1 Å². The second kappa shape index (κ2) is 5.72. The van der Waals surface area contributed by atoms with Crippen LogP contribution in [-0.2, 0) is 6.61 Å². The molecular formula is C15H15Cl2NO. The van der Waals surface area contributed by atoms with Crippen LogP contribution in [0.4, 0.5) is 5.69 Å². The third-order valence-corrected chi connectivity index (χ3v) is 3.43. The molecule has 0 unspecified atom stereocenters. The highest BCUT2D eigenvalue weighted by molar-refractivity contribution is 6.33. The standard InChI is InChI=1S/C15H15Cl2NO/c1-9-5-10(2)15(14(18)6-9)19-8-11-7-12(16)3-4-13(11)17/h3-7H,8,18H2,1-2H3. The van der Waals surface area contributed by atoms with Crippen LogP contribution < -0.4 is 10.5 Å². The van der Waals surface area contributed by atoms with Crippen LogP contribution in [0.1, 0.15) is 16.7 Å². The molecule has 0 fully saturated rings. The Hall–Kier alpha value is -1.38. The topological polar surface area (TPSA) is 35.2 Å².